The lowest BCUT2D eigenvalue weighted by atomic mass is 10.1. The average molecular weight is 243 g/mol. The normalized spacial score (nSPS) is 14.1. The van der Waals surface area contributed by atoms with E-state index in [0.29, 0.717) is 0 Å². The molecular weight excluding hydrogens is 229 g/mol. The summed E-state index contributed by atoms with van der Waals surface area (Å²) in [5.74, 6) is -1.73. The Morgan fingerprint density at radius 3 is 2.76 bits per heavy atom. The number of carbonyl (C=O) groups excluding carboxylic acids is 1. The van der Waals surface area contributed by atoms with E-state index >= 15 is 0 Å². The number of aliphatic hydroxyl groups excluding tert-OH is 1. The van der Waals surface area contributed by atoms with Gasteiger partial charge in [0, 0.05) is 6.54 Å². The summed E-state index contributed by atoms with van der Waals surface area (Å²) >= 11 is 0. The number of carbonyl (C=O) groups is 1. The number of halogens is 1. The van der Waals surface area contributed by atoms with Crippen LogP contribution in [0.25, 0.3) is 0 Å². The summed E-state index contributed by atoms with van der Waals surface area (Å²) < 4.78 is 12.9. The standard InChI is InChI=1S/C11H14FNO4/c1-11(17,6-14)5-13-10(16)8-4-7(12)2-3-9(8)15/h2-4,14-15,17H,5-6H2,1H3,(H,13,16). The third-order valence-electron chi connectivity index (χ3n) is 2.17. The van der Waals surface area contributed by atoms with E-state index in [9.17, 15) is 19.4 Å². The number of hydrogen-bond donors (Lipinski definition) is 4. The van der Waals surface area contributed by atoms with E-state index in [1.54, 1.807) is 0 Å². The maximum absolute atomic E-state index is 12.9. The first-order chi connectivity index (χ1) is 7.85. The van der Waals surface area contributed by atoms with Crippen LogP contribution in [0, 0.1) is 5.82 Å². The number of phenols is 1. The van der Waals surface area contributed by atoms with E-state index < -0.39 is 23.9 Å². The fourth-order valence-corrected chi connectivity index (χ4v) is 1.11. The quantitative estimate of drug-likeness (QED) is 0.599. The summed E-state index contributed by atoms with van der Waals surface area (Å²) in [4.78, 5) is 11.5. The average Bonchev–Trinajstić information content (AvgIpc) is 2.29. The number of phenolic OH excluding ortho intramolecular Hbond substituents is 1. The van der Waals surface area contributed by atoms with Crippen LogP contribution < -0.4 is 5.32 Å². The van der Waals surface area contributed by atoms with Gasteiger partial charge in [-0.05, 0) is 25.1 Å². The zero-order valence-corrected chi connectivity index (χ0v) is 9.27. The highest BCUT2D eigenvalue weighted by Crippen LogP contribution is 2.17. The molecule has 0 bridgehead atoms. The molecule has 5 nitrogen and oxygen atoms in total. The van der Waals surface area contributed by atoms with E-state index in [1.165, 1.54) is 6.92 Å². The largest absolute Gasteiger partial charge is 0.507 e. The minimum absolute atomic E-state index is 0.210. The SMILES string of the molecule is CC(O)(CO)CNC(=O)c1cc(F)ccc1O. The van der Waals surface area contributed by atoms with Crippen LogP contribution in [0.5, 0.6) is 5.75 Å². The summed E-state index contributed by atoms with van der Waals surface area (Å²) in [6.07, 6.45) is 0. The summed E-state index contributed by atoms with van der Waals surface area (Å²) in [5.41, 5.74) is -1.68. The molecule has 17 heavy (non-hydrogen) atoms. The second-order valence-corrected chi connectivity index (χ2v) is 4.00. The van der Waals surface area contributed by atoms with Crippen molar-refractivity contribution >= 4 is 5.91 Å². The molecule has 1 aromatic rings. The Labute approximate surface area is 97.5 Å². The van der Waals surface area contributed by atoms with Crippen molar-refractivity contribution in [2.24, 2.45) is 0 Å². The van der Waals surface area contributed by atoms with Crippen molar-refractivity contribution in [3.63, 3.8) is 0 Å². The van der Waals surface area contributed by atoms with Crippen molar-refractivity contribution in [3.8, 4) is 5.75 Å². The van der Waals surface area contributed by atoms with E-state index in [0.717, 1.165) is 18.2 Å². The zero-order chi connectivity index (χ0) is 13.1. The lowest BCUT2D eigenvalue weighted by Gasteiger charge is -2.20. The molecule has 1 aromatic carbocycles. The molecule has 0 radical (unpaired) electrons. The second kappa shape index (κ2) is 5.11. The van der Waals surface area contributed by atoms with Crippen LogP contribution in [0.2, 0.25) is 0 Å². The molecule has 0 aliphatic heterocycles. The molecule has 0 aromatic heterocycles. The number of aliphatic hydroxyl groups is 2. The molecule has 1 unspecified atom stereocenters. The van der Waals surface area contributed by atoms with Crippen molar-refractivity contribution in [3.05, 3.63) is 29.6 Å². The molecule has 94 valence electrons. The number of nitrogens with one attached hydrogen (secondary N) is 1. The van der Waals surface area contributed by atoms with Crippen molar-refractivity contribution < 1.29 is 24.5 Å². The molecule has 0 fully saturated rings. The molecule has 4 N–H and O–H groups in total. The second-order valence-electron chi connectivity index (χ2n) is 4.00. The highest BCUT2D eigenvalue weighted by Gasteiger charge is 2.21. The van der Waals surface area contributed by atoms with Gasteiger partial charge in [-0.3, -0.25) is 4.79 Å². The van der Waals surface area contributed by atoms with Gasteiger partial charge in [0.25, 0.3) is 5.91 Å². The molecule has 0 saturated heterocycles. The number of rotatable bonds is 4. The first kappa shape index (κ1) is 13.4. The molecule has 1 amide bonds. The molecule has 6 heteroatoms. The van der Waals surface area contributed by atoms with Crippen molar-refractivity contribution in [1.82, 2.24) is 5.32 Å². The monoisotopic (exact) mass is 243 g/mol. The predicted molar refractivity (Wildman–Crippen MR) is 58.1 cm³/mol. The third kappa shape index (κ3) is 3.69. The van der Waals surface area contributed by atoms with E-state index in [4.69, 9.17) is 5.11 Å². The van der Waals surface area contributed by atoms with E-state index in [2.05, 4.69) is 5.32 Å². The Bertz CT molecular complexity index is 420. The molecule has 0 aliphatic rings. The molecule has 1 atom stereocenters. The third-order valence-corrected chi connectivity index (χ3v) is 2.17. The van der Waals surface area contributed by atoms with Crippen LogP contribution in [0.1, 0.15) is 17.3 Å². The smallest absolute Gasteiger partial charge is 0.255 e. The van der Waals surface area contributed by atoms with Gasteiger partial charge in [-0.1, -0.05) is 0 Å². The van der Waals surface area contributed by atoms with Gasteiger partial charge in [0.2, 0.25) is 0 Å². The molecule has 1 rings (SSSR count). The van der Waals surface area contributed by atoms with Gasteiger partial charge in [0.1, 0.15) is 17.2 Å². The molecular formula is C11H14FNO4. The fourth-order valence-electron chi connectivity index (χ4n) is 1.11. The lowest BCUT2D eigenvalue weighted by Crippen LogP contribution is -2.43. The summed E-state index contributed by atoms with van der Waals surface area (Å²) in [6.45, 7) is 0.597. The van der Waals surface area contributed by atoms with Gasteiger partial charge in [0.15, 0.2) is 0 Å². The zero-order valence-electron chi connectivity index (χ0n) is 9.27. The van der Waals surface area contributed by atoms with Crippen LogP contribution in [0.3, 0.4) is 0 Å². The van der Waals surface area contributed by atoms with E-state index in [-0.39, 0.29) is 17.9 Å². The lowest BCUT2D eigenvalue weighted by molar-refractivity contribution is 0.00317. The Morgan fingerprint density at radius 2 is 2.18 bits per heavy atom. The van der Waals surface area contributed by atoms with Gasteiger partial charge in [-0.15, -0.1) is 0 Å². The predicted octanol–water partition coefficient (Wildman–Crippen LogP) is 0.00440. The minimum atomic E-state index is -1.46. The van der Waals surface area contributed by atoms with Gasteiger partial charge < -0.3 is 20.6 Å². The van der Waals surface area contributed by atoms with Gasteiger partial charge >= 0.3 is 0 Å². The number of aromatic hydroxyl groups is 1. The Hall–Kier alpha value is -1.66. The summed E-state index contributed by atoms with van der Waals surface area (Å²) in [5, 5.41) is 29.8. The van der Waals surface area contributed by atoms with Crippen LogP contribution in [0.15, 0.2) is 18.2 Å². The maximum Gasteiger partial charge on any atom is 0.255 e. The van der Waals surface area contributed by atoms with Crippen molar-refractivity contribution in [2.75, 3.05) is 13.2 Å². The highest BCUT2D eigenvalue weighted by molar-refractivity contribution is 5.96. The van der Waals surface area contributed by atoms with Gasteiger partial charge in [0.05, 0.1) is 12.2 Å². The topological polar surface area (TPSA) is 89.8 Å². The maximum atomic E-state index is 12.9. The van der Waals surface area contributed by atoms with Gasteiger partial charge in [-0.25, -0.2) is 4.39 Å². The van der Waals surface area contributed by atoms with Crippen molar-refractivity contribution in [2.45, 2.75) is 12.5 Å². The highest BCUT2D eigenvalue weighted by atomic mass is 19.1. The van der Waals surface area contributed by atoms with Crippen LogP contribution in [-0.2, 0) is 0 Å². The van der Waals surface area contributed by atoms with Crippen LogP contribution in [-0.4, -0.2) is 40.0 Å². The van der Waals surface area contributed by atoms with Crippen LogP contribution in [0.4, 0.5) is 4.39 Å². The first-order valence-corrected chi connectivity index (χ1v) is 4.96. The minimum Gasteiger partial charge on any atom is -0.507 e. The molecule has 0 spiro atoms. The first-order valence-electron chi connectivity index (χ1n) is 4.96. The Balaban J connectivity index is 2.74. The molecule has 0 heterocycles. The molecule has 0 saturated carbocycles. The van der Waals surface area contributed by atoms with Crippen LogP contribution >= 0.6 is 0 Å². The Kier molecular flexibility index (Phi) is 4.03. The number of benzene rings is 1. The number of amides is 1. The summed E-state index contributed by atoms with van der Waals surface area (Å²) in [7, 11) is 0. The van der Waals surface area contributed by atoms with E-state index in [1.807, 2.05) is 0 Å². The number of hydrogen-bond acceptors (Lipinski definition) is 4. The fraction of sp³-hybridized carbons (Fsp3) is 0.364. The summed E-state index contributed by atoms with van der Waals surface area (Å²) in [6, 6.07) is 2.97. The van der Waals surface area contributed by atoms with Crippen molar-refractivity contribution in [1.29, 1.82) is 0 Å². The molecule has 0 aliphatic carbocycles. The van der Waals surface area contributed by atoms with Gasteiger partial charge in [-0.2, -0.15) is 0 Å². The Morgan fingerprint density at radius 1 is 1.53 bits per heavy atom.